The fraction of sp³-hybridized carbons (Fsp3) is 0.0769. The van der Waals surface area contributed by atoms with Crippen LogP contribution in [0.2, 0.25) is 5.02 Å². The summed E-state index contributed by atoms with van der Waals surface area (Å²) >= 11 is 5.96. The summed E-state index contributed by atoms with van der Waals surface area (Å²) in [7, 11) is 0. The second-order valence-corrected chi connectivity index (χ2v) is 3.78. The van der Waals surface area contributed by atoms with E-state index in [0.29, 0.717) is 11.6 Å². The van der Waals surface area contributed by atoms with Crippen LogP contribution in [-0.2, 0) is 6.61 Å². The lowest BCUT2D eigenvalue weighted by atomic mass is 10.2. The number of hydrogen-bond donors (Lipinski definition) is 1. The van der Waals surface area contributed by atoms with Gasteiger partial charge in [-0.1, -0.05) is 35.9 Å². The molecule has 16 heavy (non-hydrogen) atoms. The molecule has 2 aromatic rings. The largest absolute Gasteiger partial charge is 0.508 e. The van der Waals surface area contributed by atoms with Crippen molar-refractivity contribution in [3.05, 3.63) is 59.1 Å². The highest BCUT2D eigenvalue weighted by atomic mass is 35.5. The Morgan fingerprint density at radius 2 is 1.81 bits per heavy atom. The highest BCUT2D eigenvalue weighted by molar-refractivity contribution is 6.31. The second kappa shape index (κ2) is 4.90. The van der Waals surface area contributed by atoms with E-state index < -0.39 is 0 Å². The summed E-state index contributed by atoms with van der Waals surface area (Å²) in [5, 5.41) is 9.71. The number of benzene rings is 2. The average Bonchev–Trinajstić information content (AvgIpc) is 2.29. The molecule has 0 radical (unpaired) electrons. The van der Waals surface area contributed by atoms with Crippen molar-refractivity contribution < 1.29 is 9.84 Å². The summed E-state index contributed by atoms with van der Waals surface area (Å²) in [6.45, 7) is 0.392. The standard InChI is InChI=1S/C13H11ClO2/c14-13-8-11(15)7-6-10(13)9-16-12-4-2-1-3-5-12/h1-8,15H,9H2. The highest BCUT2D eigenvalue weighted by Gasteiger charge is 2.02. The van der Waals surface area contributed by atoms with Crippen molar-refractivity contribution in [2.45, 2.75) is 6.61 Å². The lowest BCUT2D eigenvalue weighted by Crippen LogP contribution is -1.95. The number of rotatable bonds is 3. The Kier molecular flexibility index (Phi) is 3.32. The highest BCUT2D eigenvalue weighted by Crippen LogP contribution is 2.22. The van der Waals surface area contributed by atoms with Gasteiger partial charge in [-0.05, 0) is 24.3 Å². The van der Waals surface area contributed by atoms with E-state index in [-0.39, 0.29) is 5.75 Å². The Morgan fingerprint density at radius 3 is 2.50 bits per heavy atom. The SMILES string of the molecule is Oc1ccc(COc2ccccc2)c(Cl)c1. The van der Waals surface area contributed by atoms with Crippen molar-refractivity contribution in [3.8, 4) is 11.5 Å². The molecule has 0 spiro atoms. The maximum atomic E-state index is 9.20. The fourth-order valence-corrected chi connectivity index (χ4v) is 1.56. The van der Waals surface area contributed by atoms with Gasteiger partial charge in [-0.2, -0.15) is 0 Å². The summed E-state index contributed by atoms with van der Waals surface area (Å²) < 4.78 is 5.55. The molecule has 0 saturated heterocycles. The molecule has 3 heteroatoms. The Bertz CT molecular complexity index is 469. The minimum Gasteiger partial charge on any atom is -0.508 e. The smallest absolute Gasteiger partial charge is 0.119 e. The van der Waals surface area contributed by atoms with Crippen LogP contribution < -0.4 is 4.74 Å². The van der Waals surface area contributed by atoms with Crippen LogP contribution in [0.4, 0.5) is 0 Å². The first-order chi connectivity index (χ1) is 7.75. The third-order valence-corrected chi connectivity index (χ3v) is 2.53. The number of hydrogen-bond acceptors (Lipinski definition) is 2. The lowest BCUT2D eigenvalue weighted by molar-refractivity contribution is 0.306. The molecule has 0 fully saturated rings. The van der Waals surface area contributed by atoms with Gasteiger partial charge in [-0.15, -0.1) is 0 Å². The van der Waals surface area contributed by atoms with Crippen molar-refractivity contribution in [2.75, 3.05) is 0 Å². The number of ether oxygens (including phenoxy) is 1. The van der Waals surface area contributed by atoms with Crippen LogP contribution >= 0.6 is 11.6 Å². The van der Waals surface area contributed by atoms with Gasteiger partial charge in [0.1, 0.15) is 18.1 Å². The molecule has 0 aliphatic rings. The Balaban J connectivity index is 2.05. The summed E-state index contributed by atoms with van der Waals surface area (Å²) in [5.41, 5.74) is 0.850. The van der Waals surface area contributed by atoms with E-state index >= 15 is 0 Å². The molecule has 0 heterocycles. The molecule has 2 nitrogen and oxygen atoms in total. The molecule has 2 aromatic carbocycles. The molecule has 0 saturated carbocycles. The van der Waals surface area contributed by atoms with Crippen molar-refractivity contribution in [1.82, 2.24) is 0 Å². The molecule has 1 N–H and O–H groups in total. The van der Waals surface area contributed by atoms with Gasteiger partial charge in [0.25, 0.3) is 0 Å². The van der Waals surface area contributed by atoms with Crippen molar-refractivity contribution in [3.63, 3.8) is 0 Å². The molecule has 0 atom stereocenters. The minimum atomic E-state index is 0.161. The Labute approximate surface area is 99.1 Å². The summed E-state index contributed by atoms with van der Waals surface area (Å²) in [6.07, 6.45) is 0. The van der Waals surface area contributed by atoms with Crippen LogP contribution in [-0.4, -0.2) is 5.11 Å². The van der Waals surface area contributed by atoms with Gasteiger partial charge >= 0.3 is 0 Å². The van der Waals surface area contributed by atoms with Gasteiger partial charge in [0.15, 0.2) is 0 Å². The van der Waals surface area contributed by atoms with Gasteiger partial charge < -0.3 is 9.84 Å². The van der Waals surface area contributed by atoms with Crippen LogP contribution in [0.25, 0.3) is 0 Å². The maximum Gasteiger partial charge on any atom is 0.119 e. The van der Waals surface area contributed by atoms with E-state index in [9.17, 15) is 5.11 Å². The summed E-state index contributed by atoms with van der Waals surface area (Å²) in [4.78, 5) is 0. The normalized spacial score (nSPS) is 10.1. The number of halogens is 1. The zero-order valence-corrected chi connectivity index (χ0v) is 9.32. The van der Waals surface area contributed by atoms with E-state index in [0.717, 1.165) is 11.3 Å². The quantitative estimate of drug-likeness (QED) is 0.879. The molecule has 0 aromatic heterocycles. The van der Waals surface area contributed by atoms with Crippen LogP contribution in [0, 0.1) is 0 Å². The third-order valence-electron chi connectivity index (χ3n) is 2.17. The molecule has 0 bridgehead atoms. The van der Waals surface area contributed by atoms with Crippen LogP contribution in [0.5, 0.6) is 11.5 Å². The molecular weight excluding hydrogens is 224 g/mol. The van der Waals surface area contributed by atoms with Gasteiger partial charge in [0.2, 0.25) is 0 Å². The number of phenolic OH excluding ortho intramolecular Hbond substituents is 1. The van der Waals surface area contributed by atoms with Gasteiger partial charge in [-0.25, -0.2) is 0 Å². The van der Waals surface area contributed by atoms with Crippen molar-refractivity contribution >= 4 is 11.6 Å². The van der Waals surface area contributed by atoms with E-state index in [1.54, 1.807) is 12.1 Å². The number of phenols is 1. The zero-order chi connectivity index (χ0) is 11.4. The number of aromatic hydroxyl groups is 1. The fourth-order valence-electron chi connectivity index (χ4n) is 1.33. The molecule has 0 unspecified atom stereocenters. The summed E-state index contributed by atoms with van der Waals surface area (Å²) in [6, 6.07) is 14.4. The van der Waals surface area contributed by atoms with Crippen molar-refractivity contribution in [1.29, 1.82) is 0 Å². The molecule has 0 aliphatic heterocycles. The second-order valence-electron chi connectivity index (χ2n) is 3.38. The zero-order valence-electron chi connectivity index (χ0n) is 8.56. The molecule has 0 aliphatic carbocycles. The van der Waals surface area contributed by atoms with Crippen molar-refractivity contribution in [2.24, 2.45) is 0 Å². The van der Waals surface area contributed by atoms with E-state index in [1.807, 2.05) is 30.3 Å². The van der Waals surface area contributed by atoms with E-state index in [4.69, 9.17) is 16.3 Å². The predicted octanol–water partition coefficient (Wildman–Crippen LogP) is 3.62. The average molecular weight is 235 g/mol. The monoisotopic (exact) mass is 234 g/mol. The first-order valence-corrected chi connectivity index (χ1v) is 5.29. The third kappa shape index (κ3) is 2.67. The minimum absolute atomic E-state index is 0.161. The Morgan fingerprint density at radius 1 is 1.06 bits per heavy atom. The number of para-hydroxylation sites is 1. The van der Waals surface area contributed by atoms with Crippen LogP contribution in [0.15, 0.2) is 48.5 Å². The first kappa shape index (κ1) is 10.8. The molecule has 0 amide bonds. The Hall–Kier alpha value is -1.67. The van der Waals surface area contributed by atoms with Crippen LogP contribution in [0.3, 0.4) is 0 Å². The topological polar surface area (TPSA) is 29.5 Å². The predicted molar refractivity (Wildman–Crippen MR) is 63.9 cm³/mol. The molecule has 82 valence electrons. The molecular formula is C13H11ClO2. The van der Waals surface area contributed by atoms with Crippen LogP contribution in [0.1, 0.15) is 5.56 Å². The van der Waals surface area contributed by atoms with E-state index in [1.165, 1.54) is 6.07 Å². The summed E-state index contributed by atoms with van der Waals surface area (Å²) in [5.74, 6) is 0.958. The van der Waals surface area contributed by atoms with Gasteiger partial charge in [-0.3, -0.25) is 0 Å². The van der Waals surface area contributed by atoms with E-state index in [2.05, 4.69) is 0 Å². The molecule has 2 rings (SSSR count). The lowest BCUT2D eigenvalue weighted by Gasteiger charge is -2.07. The first-order valence-electron chi connectivity index (χ1n) is 4.91. The van der Waals surface area contributed by atoms with Gasteiger partial charge in [0, 0.05) is 5.56 Å². The van der Waals surface area contributed by atoms with Gasteiger partial charge in [0.05, 0.1) is 5.02 Å². The maximum absolute atomic E-state index is 9.20.